The fourth-order valence-corrected chi connectivity index (χ4v) is 8.00. The first-order valence-corrected chi connectivity index (χ1v) is 12.5. The number of carbonyl (C=O) groups is 1. The number of rotatable bonds is 3. The molecule has 0 bridgehead atoms. The minimum absolute atomic E-state index is 0.0276. The Morgan fingerprint density at radius 3 is 2.72 bits per heavy atom. The second-order valence-corrected chi connectivity index (χ2v) is 11.4. The highest BCUT2D eigenvalue weighted by Gasteiger charge is 2.58. The van der Waals surface area contributed by atoms with Gasteiger partial charge in [0.1, 0.15) is 12.1 Å². The van der Waals surface area contributed by atoms with E-state index in [1.165, 1.54) is 25.7 Å². The molecule has 3 fully saturated rings. The molecule has 32 heavy (non-hydrogen) atoms. The molecular formula is C27H37NO4. The molecule has 5 rings (SSSR count). The largest absolute Gasteiger partial charge is 0.461 e. The summed E-state index contributed by atoms with van der Waals surface area (Å²) >= 11 is 0. The van der Waals surface area contributed by atoms with Crippen LogP contribution in [0, 0.1) is 28.6 Å². The van der Waals surface area contributed by atoms with Crippen molar-refractivity contribution >= 4 is 5.97 Å². The van der Waals surface area contributed by atoms with Crippen LogP contribution in [0.2, 0.25) is 0 Å². The third-order valence-corrected chi connectivity index (χ3v) is 9.80. The maximum Gasteiger partial charge on any atom is 0.335 e. The van der Waals surface area contributed by atoms with Crippen molar-refractivity contribution in [3.63, 3.8) is 0 Å². The van der Waals surface area contributed by atoms with Gasteiger partial charge in [-0.2, -0.15) is 0 Å². The topological polar surface area (TPSA) is 82.5 Å². The van der Waals surface area contributed by atoms with Crippen LogP contribution in [0.25, 0.3) is 0 Å². The number of hydrogen-bond donors (Lipinski definition) is 1. The lowest BCUT2D eigenvalue weighted by molar-refractivity contribution is -0.158. The second-order valence-electron chi connectivity index (χ2n) is 11.4. The highest BCUT2D eigenvalue weighted by Crippen LogP contribution is 2.67. The van der Waals surface area contributed by atoms with Crippen LogP contribution in [0.3, 0.4) is 0 Å². The molecule has 4 aliphatic carbocycles. The van der Waals surface area contributed by atoms with E-state index in [1.54, 1.807) is 24.8 Å². The van der Waals surface area contributed by atoms with Crippen LogP contribution < -0.4 is 11.4 Å². The smallest absolute Gasteiger partial charge is 0.335 e. The molecule has 5 nitrogen and oxygen atoms in total. The van der Waals surface area contributed by atoms with Crippen molar-refractivity contribution in [2.45, 2.75) is 90.2 Å². The lowest BCUT2D eigenvalue weighted by Gasteiger charge is -2.59. The summed E-state index contributed by atoms with van der Waals surface area (Å²) in [6.45, 7) is 6.65. The molecule has 0 saturated heterocycles. The van der Waals surface area contributed by atoms with Gasteiger partial charge in [0.25, 0.3) is 0 Å². The quantitative estimate of drug-likeness (QED) is 0.532. The van der Waals surface area contributed by atoms with E-state index in [4.69, 9.17) is 14.9 Å². The summed E-state index contributed by atoms with van der Waals surface area (Å²) in [6, 6.07) is 2.98. The lowest BCUT2D eigenvalue weighted by Crippen LogP contribution is -2.52. The average Bonchev–Trinajstić information content (AvgIpc) is 3.11. The second kappa shape index (κ2) is 7.86. The molecule has 1 heterocycles. The number of ether oxygens (including phenoxy) is 1. The van der Waals surface area contributed by atoms with Crippen molar-refractivity contribution in [2.75, 3.05) is 0 Å². The molecule has 3 saturated carbocycles. The highest BCUT2D eigenvalue weighted by molar-refractivity contribution is 5.75. The van der Waals surface area contributed by atoms with Crippen molar-refractivity contribution in [1.29, 1.82) is 0 Å². The van der Waals surface area contributed by atoms with Crippen LogP contribution in [0.5, 0.6) is 0 Å². The number of allylic oxidation sites excluding steroid dienone is 2. The SMILES string of the molecule is CC(N)C(=O)O[C@H]1CC[C@@]2(C)C(CC[C@H]3C4=CC[C@H](c5ccc(=O)oc5)[C@@]4(C)CC[C@@H]32)C1. The van der Waals surface area contributed by atoms with Crippen molar-refractivity contribution in [2.24, 2.45) is 34.3 Å². The van der Waals surface area contributed by atoms with E-state index in [9.17, 15) is 9.59 Å². The van der Waals surface area contributed by atoms with Crippen molar-refractivity contribution in [1.82, 2.24) is 0 Å². The Morgan fingerprint density at radius 1 is 1.19 bits per heavy atom. The van der Waals surface area contributed by atoms with Crippen LogP contribution in [0.1, 0.15) is 83.6 Å². The molecule has 174 valence electrons. The Hall–Kier alpha value is -1.88. The zero-order valence-electron chi connectivity index (χ0n) is 19.6. The van der Waals surface area contributed by atoms with E-state index in [0.717, 1.165) is 31.2 Å². The summed E-state index contributed by atoms with van der Waals surface area (Å²) in [4.78, 5) is 23.5. The van der Waals surface area contributed by atoms with Crippen LogP contribution in [-0.2, 0) is 9.53 Å². The molecule has 8 atom stereocenters. The number of nitrogens with two attached hydrogens (primary N) is 1. The third-order valence-electron chi connectivity index (χ3n) is 9.80. The van der Waals surface area contributed by atoms with Crippen molar-refractivity contribution in [3.8, 4) is 0 Å². The number of carbonyl (C=O) groups excluding carboxylic acids is 1. The predicted molar refractivity (Wildman–Crippen MR) is 123 cm³/mol. The van der Waals surface area contributed by atoms with Gasteiger partial charge in [-0.1, -0.05) is 25.5 Å². The number of hydrogen-bond acceptors (Lipinski definition) is 5. The van der Waals surface area contributed by atoms with Crippen LogP contribution >= 0.6 is 0 Å². The van der Waals surface area contributed by atoms with Gasteiger partial charge in [0, 0.05) is 6.07 Å². The summed E-state index contributed by atoms with van der Waals surface area (Å²) in [5, 5.41) is 0. The molecule has 0 amide bonds. The highest BCUT2D eigenvalue weighted by atomic mass is 16.5. The van der Waals surface area contributed by atoms with Gasteiger partial charge in [0.2, 0.25) is 0 Å². The zero-order chi connectivity index (χ0) is 22.7. The van der Waals surface area contributed by atoms with E-state index < -0.39 is 6.04 Å². The van der Waals surface area contributed by atoms with Crippen LogP contribution in [0.4, 0.5) is 0 Å². The van der Waals surface area contributed by atoms with E-state index in [-0.39, 0.29) is 23.1 Å². The average molecular weight is 440 g/mol. The van der Waals surface area contributed by atoms with Crippen LogP contribution in [0.15, 0.2) is 39.3 Å². The molecule has 0 spiro atoms. The normalized spacial score (nSPS) is 41.6. The Labute approximate surface area is 190 Å². The molecule has 4 aliphatic rings. The Balaban J connectivity index is 1.34. The lowest BCUT2D eigenvalue weighted by atomic mass is 9.46. The Kier molecular flexibility index (Phi) is 5.39. The van der Waals surface area contributed by atoms with Gasteiger partial charge in [-0.15, -0.1) is 0 Å². The Bertz CT molecular complexity index is 960. The summed E-state index contributed by atoms with van der Waals surface area (Å²) < 4.78 is 11.0. The zero-order valence-corrected chi connectivity index (χ0v) is 19.6. The summed E-state index contributed by atoms with van der Waals surface area (Å²) in [5.74, 6) is 2.12. The molecule has 0 aliphatic heterocycles. The number of esters is 1. The van der Waals surface area contributed by atoms with Crippen molar-refractivity contribution < 1.29 is 13.9 Å². The van der Waals surface area contributed by atoms with E-state index in [2.05, 4.69) is 19.9 Å². The van der Waals surface area contributed by atoms with Gasteiger partial charge in [-0.25, -0.2) is 4.79 Å². The summed E-state index contributed by atoms with van der Waals surface area (Å²) in [7, 11) is 0. The van der Waals surface area contributed by atoms with E-state index in [1.807, 2.05) is 6.07 Å². The fraction of sp³-hybridized carbons (Fsp3) is 0.704. The standard InChI is InChI=1S/C27H37NO4/c1-16(28)25(30)32-19-10-12-26(2)18(14-19)5-6-20-22-8-7-21(17-4-9-24(29)31-15-17)27(22,3)13-11-23(20)26/h4,8-9,15-16,18-21,23H,5-7,10-14,28H2,1-3H3/t16?,18?,19-,20-,21+,23-,26-,27+/m0/s1. The van der Waals surface area contributed by atoms with Gasteiger partial charge in [-0.3, -0.25) is 4.79 Å². The monoisotopic (exact) mass is 439 g/mol. The molecule has 0 radical (unpaired) electrons. The molecule has 2 unspecified atom stereocenters. The van der Waals surface area contributed by atoms with Crippen molar-refractivity contribution in [3.05, 3.63) is 46.0 Å². The maximum absolute atomic E-state index is 12.0. The van der Waals surface area contributed by atoms with Gasteiger partial charge >= 0.3 is 11.6 Å². The van der Waals surface area contributed by atoms with Crippen LogP contribution in [-0.4, -0.2) is 18.1 Å². The maximum atomic E-state index is 12.0. The molecule has 0 aromatic carbocycles. The first-order valence-electron chi connectivity index (χ1n) is 12.5. The fourth-order valence-electron chi connectivity index (χ4n) is 8.00. The predicted octanol–water partition coefficient (Wildman–Crippen LogP) is 4.95. The van der Waals surface area contributed by atoms with E-state index in [0.29, 0.717) is 29.1 Å². The minimum Gasteiger partial charge on any atom is -0.461 e. The van der Waals surface area contributed by atoms with Gasteiger partial charge in [0.05, 0.1) is 6.26 Å². The number of fused-ring (bicyclic) bond motifs is 5. The molecular weight excluding hydrogens is 402 g/mol. The molecule has 2 N–H and O–H groups in total. The molecule has 5 heteroatoms. The summed E-state index contributed by atoms with van der Waals surface area (Å²) in [5.41, 5.74) is 8.75. The first kappa shape index (κ1) is 21.9. The van der Waals surface area contributed by atoms with Gasteiger partial charge in [-0.05, 0) is 104 Å². The summed E-state index contributed by atoms with van der Waals surface area (Å²) in [6.07, 6.45) is 13.2. The first-order chi connectivity index (χ1) is 15.2. The molecule has 1 aromatic heterocycles. The Morgan fingerprint density at radius 2 is 2.00 bits per heavy atom. The third kappa shape index (κ3) is 3.39. The van der Waals surface area contributed by atoms with Gasteiger partial charge < -0.3 is 14.9 Å². The van der Waals surface area contributed by atoms with Gasteiger partial charge in [0.15, 0.2) is 0 Å². The molecule has 1 aromatic rings. The minimum atomic E-state index is -0.546. The van der Waals surface area contributed by atoms with E-state index >= 15 is 0 Å².